The summed E-state index contributed by atoms with van der Waals surface area (Å²) in [5, 5.41) is 4.63. The molecule has 0 radical (unpaired) electrons. The normalized spacial score (nSPS) is 13.7. The first-order valence-electron chi connectivity index (χ1n) is 6.72. The highest BCUT2D eigenvalue weighted by atomic mass is 16.5. The van der Waals surface area contributed by atoms with Crippen LogP contribution in [0.15, 0.2) is 36.4 Å². The van der Waals surface area contributed by atoms with Crippen LogP contribution in [0.5, 0.6) is 0 Å². The molecule has 3 rings (SSSR count). The predicted molar refractivity (Wildman–Crippen MR) is 76.6 cm³/mol. The van der Waals surface area contributed by atoms with Gasteiger partial charge in [-0.3, -0.25) is 0 Å². The number of nitrogens with zero attached hydrogens (tertiary/aromatic N) is 2. The van der Waals surface area contributed by atoms with Gasteiger partial charge >= 0.3 is 5.97 Å². The number of para-hydroxylation sites is 1. The molecule has 4 nitrogen and oxygen atoms in total. The molecule has 0 atom stereocenters. The molecule has 0 saturated carbocycles. The Morgan fingerprint density at radius 3 is 2.85 bits per heavy atom. The van der Waals surface area contributed by atoms with Crippen molar-refractivity contribution in [2.45, 2.75) is 19.3 Å². The number of benzene rings is 1. The molecule has 0 amide bonds. The first kappa shape index (κ1) is 12.7. The minimum absolute atomic E-state index is 0.356. The zero-order chi connectivity index (χ0) is 13.9. The van der Waals surface area contributed by atoms with Gasteiger partial charge in [0.2, 0.25) is 0 Å². The van der Waals surface area contributed by atoms with Crippen LogP contribution in [0.1, 0.15) is 23.4 Å². The van der Waals surface area contributed by atoms with Crippen molar-refractivity contribution >= 4 is 12.0 Å². The first-order chi connectivity index (χ1) is 9.79. The zero-order valence-corrected chi connectivity index (χ0v) is 11.4. The second-order valence-electron chi connectivity index (χ2n) is 4.77. The lowest BCUT2D eigenvalue weighted by atomic mass is 10.2. The number of methoxy groups -OCH3 is 1. The molecule has 1 aromatic heterocycles. The Morgan fingerprint density at radius 2 is 2.10 bits per heavy atom. The number of fused-ring (bicyclic) bond motifs is 1. The number of ether oxygens (including phenoxy) is 1. The van der Waals surface area contributed by atoms with Crippen LogP contribution in [0.3, 0.4) is 0 Å². The van der Waals surface area contributed by atoms with E-state index < -0.39 is 0 Å². The molecule has 20 heavy (non-hydrogen) atoms. The number of hydrogen-bond acceptors (Lipinski definition) is 3. The van der Waals surface area contributed by atoms with Gasteiger partial charge < -0.3 is 4.74 Å². The molecule has 0 unspecified atom stereocenters. The van der Waals surface area contributed by atoms with Crippen LogP contribution in [0.25, 0.3) is 11.8 Å². The van der Waals surface area contributed by atoms with Crippen LogP contribution in [0, 0.1) is 0 Å². The third kappa shape index (κ3) is 2.25. The largest absolute Gasteiger partial charge is 0.466 e. The van der Waals surface area contributed by atoms with E-state index in [0.29, 0.717) is 0 Å². The van der Waals surface area contributed by atoms with Crippen molar-refractivity contribution in [2.24, 2.45) is 0 Å². The van der Waals surface area contributed by atoms with Crippen LogP contribution < -0.4 is 0 Å². The van der Waals surface area contributed by atoms with Crippen molar-refractivity contribution in [3.8, 4) is 5.69 Å². The second kappa shape index (κ2) is 5.33. The van der Waals surface area contributed by atoms with Gasteiger partial charge in [-0.25, -0.2) is 9.48 Å². The minimum atomic E-state index is -0.356. The third-order valence-electron chi connectivity index (χ3n) is 3.54. The van der Waals surface area contributed by atoms with Crippen molar-refractivity contribution in [3.63, 3.8) is 0 Å². The average molecular weight is 268 g/mol. The van der Waals surface area contributed by atoms with Gasteiger partial charge in [-0.15, -0.1) is 0 Å². The van der Waals surface area contributed by atoms with Gasteiger partial charge in [0.15, 0.2) is 0 Å². The predicted octanol–water partition coefficient (Wildman–Crippen LogP) is 2.55. The molecule has 0 fully saturated rings. The molecule has 102 valence electrons. The summed E-state index contributed by atoms with van der Waals surface area (Å²) in [5.41, 5.74) is 4.42. The molecular formula is C16H16N2O2. The number of rotatable bonds is 3. The number of carbonyl (C=O) groups is 1. The maximum Gasteiger partial charge on any atom is 0.330 e. The quantitative estimate of drug-likeness (QED) is 0.634. The molecule has 0 aliphatic heterocycles. The summed E-state index contributed by atoms with van der Waals surface area (Å²) in [5.74, 6) is -0.356. The molecule has 0 N–H and O–H groups in total. The van der Waals surface area contributed by atoms with Crippen LogP contribution in [-0.4, -0.2) is 22.9 Å². The van der Waals surface area contributed by atoms with Gasteiger partial charge in [0.05, 0.1) is 18.5 Å². The lowest BCUT2D eigenvalue weighted by molar-refractivity contribution is -0.134. The van der Waals surface area contributed by atoms with E-state index in [9.17, 15) is 4.79 Å². The Bertz CT molecular complexity index is 657. The van der Waals surface area contributed by atoms with E-state index in [1.807, 2.05) is 35.0 Å². The smallest absolute Gasteiger partial charge is 0.330 e. The van der Waals surface area contributed by atoms with Gasteiger partial charge in [0.25, 0.3) is 0 Å². The number of hydrogen-bond donors (Lipinski definition) is 0. The van der Waals surface area contributed by atoms with Crippen LogP contribution in [0.2, 0.25) is 0 Å². The van der Waals surface area contributed by atoms with E-state index in [1.165, 1.54) is 24.4 Å². The van der Waals surface area contributed by atoms with Gasteiger partial charge in [-0.05, 0) is 37.5 Å². The van der Waals surface area contributed by atoms with Gasteiger partial charge in [-0.2, -0.15) is 5.10 Å². The van der Waals surface area contributed by atoms with Crippen LogP contribution in [-0.2, 0) is 22.4 Å². The monoisotopic (exact) mass is 268 g/mol. The first-order valence-corrected chi connectivity index (χ1v) is 6.72. The fraction of sp³-hybridized carbons (Fsp3) is 0.250. The number of esters is 1. The highest BCUT2D eigenvalue weighted by Crippen LogP contribution is 2.28. The Morgan fingerprint density at radius 1 is 1.30 bits per heavy atom. The van der Waals surface area contributed by atoms with Gasteiger partial charge in [0.1, 0.15) is 0 Å². The topological polar surface area (TPSA) is 44.1 Å². The lowest BCUT2D eigenvalue weighted by Crippen LogP contribution is -2.00. The maximum absolute atomic E-state index is 11.2. The zero-order valence-electron chi connectivity index (χ0n) is 11.4. The molecule has 1 heterocycles. The van der Waals surface area contributed by atoms with Crippen molar-refractivity contribution in [1.82, 2.24) is 9.78 Å². The fourth-order valence-electron chi connectivity index (χ4n) is 2.60. The molecule has 4 heteroatoms. The summed E-state index contributed by atoms with van der Waals surface area (Å²) in [6.45, 7) is 0. The van der Waals surface area contributed by atoms with E-state index in [2.05, 4.69) is 9.84 Å². The SMILES string of the molecule is COC(=O)C=Cc1nn(-c2ccccc2)c2c1CCC2. The molecule has 2 aromatic rings. The van der Waals surface area contributed by atoms with Crippen molar-refractivity contribution in [1.29, 1.82) is 0 Å². The third-order valence-corrected chi connectivity index (χ3v) is 3.54. The van der Waals surface area contributed by atoms with Crippen molar-refractivity contribution in [2.75, 3.05) is 7.11 Å². The summed E-state index contributed by atoms with van der Waals surface area (Å²) >= 11 is 0. The average Bonchev–Trinajstić information content (AvgIpc) is 3.08. The van der Waals surface area contributed by atoms with E-state index in [4.69, 9.17) is 0 Å². The second-order valence-corrected chi connectivity index (χ2v) is 4.77. The highest BCUT2D eigenvalue weighted by Gasteiger charge is 2.21. The van der Waals surface area contributed by atoms with Crippen molar-refractivity contribution in [3.05, 3.63) is 53.4 Å². The molecule has 0 spiro atoms. The Balaban J connectivity index is 2.02. The minimum Gasteiger partial charge on any atom is -0.466 e. The molecule has 1 aromatic carbocycles. The van der Waals surface area contributed by atoms with Crippen LogP contribution >= 0.6 is 0 Å². The Kier molecular flexibility index (Phi) is 3.37. The standard InChI is InChI=1S/C16H16N2O2/c1-20-16(19)11-10-14-13-8-5-9-15(13)18(17-14)12-6-3-2-4-7-12/h2-4,6-7,10-11H,5,8-9H2,1H3. The number of carbonyl (C=O) groups excluding carboxylic acids is 1. The van der Waals surface area contributed by atoms with E-state index in [0.717, 1.165) is 30.6 Å². The number of aromatic nitrogens is 2. The summed E-state index contributed by atoms with van der Waals surface area (Å²) < 4.78 is 6.61. The molecule has 0 bridgehead atoms. The molecule has 1 aliphatic rings. The molecule has 0 saturated heterocycles. The molecular weight excluding hydrogens is 252 g/mol. The van der Waals surface area contributed by atoms with Gasteiger partial charge in [0, 0.05) is 17.3 Å². The summed E-state index contributed by atoms with van der Waals surface area (Å²) in [4.78, 5) is 11.2. The van der Waals surface area contributed by atoms with Gasteiger partial charge in [-0.1, -0.05) is 18.2 Å². The van der Waals surface area contributed by atoms with E-state index >= 15 is 0 Å². The fourth-order valence-corrected chi connectivity index (χ4v) is 2.60. The maximum atomic E-state index is 11.2. The highest BCUT2D eigenvalue weighted by molar-refractivity contribution is 5.86. The Labute approximate surface area is 117 Å². The lowest BCUT2D eigenvalue weighted by Gasteiger charge is -2.04. The Hall–Kier alpha value is -2.36. The van der Waals surface area contributed by atoms with E-state index in [1.54, 1.807) is 6.08 Å². The molecule has 1 aliphatic carbocycles. The summed E-state index contributed by atoms with van der Waals surface area (Å²) in [7, 11) is 1.37. The van der Waals surface area contributed by atoms with Crippen molar-refractivity contribution < 1.29 is 9.53 Å². The van der Waals surface area contributed by atoms with Crippen LogP contribution in [0.4, 0.5) is 0 Å². The summed E-state index contributed by atoms with van der Waals surface area (Å²) in [6, 6.07) is 10.1. The summed E-state index contributed by atoms with van der Waals surface area (Å²) in [6.07, 6.45) is 6.36. The van der Waals surface area contributed by atoms with E-state index in [-0.39, 0.29) is 5.97 Å².